The first kappa shape index (κ1) is 52.1. The molecule has 13 nitrogen and oxygen atoms in total. The normalized spacial score (nSPS) is 11.0. The van der Waals surface area contributed by atoms with Crippen LogP contribution in [0.4, 0.5) is 5.13 Å². The van der Waals surface area contributed by atoms with E-state index in [1.807, 2.05) is 41.4 Å². The highest BCUT2D eigenvalue weighted by atomic mass is 32.1. The maximum Gasteiger partial charge on any atom is 0.343 e. The van der Waals surface area contributed by atoms with Crippen molar-refractivity contribution in [3.05, 3.63) is 145 Å². The summed E-state index contributed by atoms with van der Waals surface area (Å²) in [6.45, 7) is 11.4. The molecule has 0 saturated carbocycles. The molecule has 0 atom stereocenters. The highest BCUT2D eigenvalue weighted by Crippen LogP contribution is 2.32. The Labute approximate surface area is 413 Å². The summed E-state index contributed by atoms with van der Waals surface area (Å²) in [6, 6.07) is 30.6. The van der Waals surface area contributed by atoms with Crippen molar-refractivity contribution in [3.8, 4) is 23.0 Å². The van der Waals surface area contributed by atoms with Gasteiger partial charge in [-0.3, -0.25) is 0 Å². The van der Waals surface area contributed by atoms with Crippen molar-refractivity contribution in [2.75, 3.05) is 38.0 Å². The number of rotatable bonds is 30. The molecule has 6 rings (SSSR count). The van der Waals surface area contributed by atoms with Crippen molar-refractivity contribution in [2.24, 2.45) is 5.10 Å². The molecule has 0 saturated heterocycles. The number of unbranched alkanes of at least 4 members (excludes halogenated alkanes) is 9. The molecule has 0 amide bonds. The van der Waals surface area contributed by atoms with Gasteiger partial charge < -0.3 is 28.4 Å². The summed E-state index contributed by atoms with van der Waals surface area (Å²) in [5.41, 5.74) is 2.14. The van der Waals surface area contributed by atoms with Crippen molar-refractivity contribution < 1.29 is 47.6 Å². The number of hydrazone groups is 1. The fraction of sp³-hybridized carbons (Fsp3) is 0.321. The summed E-state index contributed by atoms with van der Waals surface area (Å²) < 4.78 is 34.8. The van der Waals surface area contributed by atoms with E-state index >= 15 is 0 Å². The van der Waals surface area contributed by atoms with Gasteiger partial charge in [0.15, 0.2) is 0 Å². The van der Waals surface area contributed by atoms with Crippen LogP contribution in [0, 0.1) is 0 Å². The summed E-state index contributed by atoms with van der Waals surface area (Å²) in [5.74, 6) is 0.0118. The van der Waals surface area contributed by atoms with Crippen LogP contribution in [0.1, 0.15) is 110 Å². The van der Waals surface area contributed by atoms with Gasteiger partial charge in [0.05, 0.1) is 54.0 Å². The number of hydrogen-bond donors (Lipinski definition) is 0. The highest BCUT2D eigenvalue weighted by Gasteiger charge is 2.17. The molecule has 1 aromatic heterocycles. The maximum absolute atomic E-state index is 13.7. The molecule has 0 spiro atoms. The van der Waals surface area contributed by atoms with E-state index in [0.717, 1.165) is 115 Å². The Morgan fingerprint density at radius 1 is 0.600 bits per heavy atom. The van der Waals surface area contributed by atoms with E-state index in [-0.39, 0.29) is 0 Å². The smallest absolute Gasteiger partial charge is 0.343 e. The largest absolute Gasteiger partial charge is 0.494 e. The van der Waals surface area contributed by atoms with Crippen LogP contribution in [-0.2, 0) is 19.1 Å². The summed E-state index contributed by atoms with van der Waals surface area (Å²) in [7, 11) is 0. The first-order chi connectivity index (χ1) is 34.2. The lowest BCUT2D eigenvalue weighted by atomic mass is 10.1. The number of thiazole rings is 1. The zero-order valence-electron chi connectivity index (χ0n) is 39.8. The molecule has 6 aromatic rings. The number of aromatic nitrogens is 1. The summed E-state index contributed by atoms with van der Waals surface area (Å²) in [4.78, 5) is 54.3. The molecule has 0 unspecified atom stereocenters. The number of nitrogens with zero attached hydrogens (tertiary/aromatic N) is 3. The van der Waals surface area contributed by atoms with Crippen molar-refractivity contribution in [3.63, 3.8) is 0 Å². The van der Waals surface area contributed by atoms with Crippen LogP contribution in [0.25, 0.3) is 21.0 Å². The standard InChI is InChI=1S/C56H61N3O10S/c1-4-7-8-15-32-59(56-58-49-20-13-14-21-51(49)70-56)57-40-45-37-44-38-48(68-54(62)41-22-27-46(28-23-41)64-33-16-9-11-18-35-66-52(60)5-2)31-26-43(44)39-50(45)69-55(63)42-24-29-47(30-25-42)65-34-17-10-12-19-36-67-53(61)6-3/h5-6,13-14,20-31,37-40H,2-4,7-12,15-19,32-36H2,1H3. The lowest BCUT2D eigenvalue weighted by molar-refractivity contribution is -0.138. The fourth-order valence-electron chi connectivity index (χ4n) is 7.18. The Balaban J connectivity index is 1.14. The van der Waals surface area contributed by atoms with Gasteiger partial charge in [-0.25, -0.2) is 29.2 Å². The molecule has 0 aliphatic rings. The van der Waals surface area contributed by atoms with Crippen LogP contribution in [-0.4, -0.2) is 68.0 Å². The Hall–Kier alpha value is -7.32. The van der Waals surface area contributed by atoms with Gasteiger partial charge in [0.25, 0.3) is 0 Å². The average Bonchev–Trinajstić information content (AvgIpc) is 3.82. The van der Waals surface area contributed by atoms with E-state index in [1.165, 1.54) is 0 Å². The topological polar surface area (TPSA) is 152 Å². The number of esters is 4. The summed E-state index contributed by atoms with van der Waals surface area (Å²) in [5, 5.41) is 9.11. The number of anilines is 1. The average molecular weight is 968 g/mol. The first-order valence-corrected chi connectivity index (χ1v) is 24.8. The third kappa shape index (κ3) is 16.7. The predicted octanol–water partition coefficient (Wildman–Crippen LogP) is 12.6. The number of para-hydroxylation sites is 1. The summed E-state index contributed by atoms with van der Waals surface area (Å²) >= 11 is 1.56. The van der Waals surface area contributed by atoms with Crippen LogP contribution in [0.2, 0.25) is 0 Å². The fourth-order valence-corrected chi connectivity index (χ4v) is 8.13. The molecule has 14 heteroatoms. The third-order valence-electron chi connectivity index (χ3n) is 11.0. The number of hydrogen-bond acceptors (Lipinski definition) is 14. The van der Waals surface area contributed by atoms with Gasteiger partial charge in [0.1, 0.15) is 23.0 Å². The van der Waals surface area contributed by atoms with Gasteiger partial charge >= 0.3 is 23.9 Å². The molecular weight excluding hydrogens is 907 g/mol. The molecule has 0 radical (unpaired) electrons. The monoisotopic (exact) mass is 967 g/mol. The second-order valence-corrected chi connectivity index (χ2v) is 17.4. The van der Waals surface area contributed by atoms with Gasteiger partial charge in [0.2, 0.25) is 5.13 Å². The van der Waals surface area contributed by atoms with E-state index in [9.17, 15) is 19.2 Å². The number of carbonyl (C=O) groups excluding carboxylic acids is 4. The van der Waals surface area contributed by atoms with Gasteiger partial charge in [-0.2, -0.15) is 5.10 Å². The SMILES string of the molecule is C=CC(=O)OCCCCCCOc1ccc(C(=O)Oc2ccc3cc(OC(=O)c4ccc(OCCCCCCOC(=O)C=C)cc4)c(C=NN(CCCCCC)c4nc5ccccc5s4)cc3c2)cc1. The Bertz CT molecular complexity index is 2660. The zero-order chi connectivity index (χ0) is 49.3. The minimum atomic E-state index is -0.553. The molecule has 0 aliphatic carbocycles. The van der Waals surface area contributed by atoms with Crippen molar-refractivity contribution in [2.45, 2.75) is 84.0 Å². The molecule has 0 aliphatic heterocycles. The molecule has 0 bridgehead atoms. The van der Waals surface area contributed by atoms with E-state index in [0.29, 0.717) is 72.7 Å². The van der Waals surface area contributed by atoms with Crippen molar-refractivity contribution in [1.29, 1.82) is 0 Å². The van der Waals surface area contributed by atoms with Gasteiger partial charge in [0, 0.05) is 24.3 Å². The number of ether oxygens (including phenoxy) is 6. The van der Waals surface area contributed by atoms with Crippen molar-refractivity contribution in [1.82, 2.24) is 4.98 Å². The van der Waals surface area contributed by atoms with E-state index in [2.05, 4.69) is 20.1 Å². The minimum Gasteiger partial charge on any atom is -0.494 e. The Morgan fingerprint density at radius 3 is 1.74 bits per heavy atom. The van der Waals surface area contributed by atoms with Crippen LogP contribution in [0.3, 0.4) is 0 Å². The van der Waals surface area contributed by atoms with E-state index in [4.69, 9.17) is 38.5 Å². The molecular formula is C56H61N3O10S. The molecule has 5 aromatic carbocycles. The molecule has 1 heterocycles. The Morgan fingerprint density at radius 2 is 1.16 bits per heavy atom. The van der Waals surface area contributed by atoms with Crippen LogP contribution >= 0.6 is 11.3 Å². The quantitative estimate of drug-likeness (QED) is 0.0105. The maximum atomic E-state index is 13.7. The van der Waals surface area contributed by atoms with Crippen LogP contribution < -0.4 is 24.0 Å². The highest BCUT2D eigenvalue weighted by molar-refractivity contribution is 7.22. The first-order valence-electron chi connectivity index (χ1n) is 24.0. The number of fused-ring (bicyclic) bond motifs is 2. The Kier molecular flexibility index (Phi) is 21.0. The lowest BCUT2D eigenvalue weighted by Gasteiger charge is -2.16. The van der Waals surface area contributed by atoms with Gasteiger partial charge in [-0.05, 0) is 153 Å². The molecule has 0 N–H and O–H groups in total. The number of carbonyl (C=O) groups is 4. The summed E-state index contributed by atoms with van der Waals surface area (Å²) in [6.07, 6.45) is 15.1. The molecule has 366 valence electrons. The van der Waals surface area contributed by atoms with E-state index in [1.54, 1.807) is 84.3 Å². The lowest BCUT2D eigenvalue weighted by Crippen LogP contribution is -2.18. The van der Waals surface area contributed by atoms with E-state index < -0.39 is 23.9 Å². The second-order valence-electron chi connectivity index (χ2n) is 16.4. The number of benzene rings is 5. The molecule has 70 heavy (non-hydrogen) atoms. The van der Waals surface area contributed by atoms with Crippen LogP contribution in [0.5, 0.6) is 23.0 Å². The van der Waals surface area contributed by atoms with Crippen LogP contribution in [0.15, 0.2) is 134 Å². The van der Waals surface area contributed by atoms with Gasteiger partial charge in [-0.15, -0.1) is 0 Å². The second kappa shape index (κ2) is 28.2. The zero-order valence-corrected chi connectivity index (χ0v) is 40.6. The van der Waals surface area contributed by atoms with Crippen molar-refractivity contribution >= 4 is 67.5 Å². The van der Waals surface area contributed by atoms with Gasteiger partial charge in [-0.1, -0.05) is 68.9 Å². The minimum absolute atomic E-state index is 0.301. The third-order valence-corrected chi connectivity index (χ3v) is 12.1. The predicted molar refractivity (Wildman–Crippen MR) is 276 cm³/mol. The molecule has 0 fully saturated rings.